The fourth-order valence-electron chi connectivity index (χ4n) is 2.89. The maximum absolute atomic E-state index is 8.49. The molecule has 0 radical (unpaired) electrons. The molecule has 2 N–H and O–H groups in total. The molecular formula is C18H17N5. The van der Waals surface area contributed by atoms with Gasteiger partial charge in [-0.2, -0.15) is 5.10 Å². The van der Waals surface area contributed by atoms with Gasteiger partial charge in [0.2, 0.25) is 0 Å². The number of aromatic nitrogens is 2. The molecule has 2 aromatic carbocycles. The Balaban J connectivity index is 1.69. The van der Waals surface area contributed by atoms with Gasteiger partial charge in [-0.05, 0) is 17.7 Å². The summed E-state index contributed by atoms with van der Waals surface area (Å²) in [6, 6.07) is 20.4. The largest absolute Gasteiger partial charge is 0.334 e. The first-order chi connectivity index (χ1) is 11.3. The lowest BCUT2D eigenvalue weighted by Crippen LogP contribution is -2.44. The van der Waals surface area contributed by atoms with E-state index in [4.69, 9.17) is 5.41 Å². The quantitative estimate of drug-likeness (QED) is 0.780. The van der Waals surface area contributed by atoms with Crippen molar-refractivity contribution >= 4 is 17.3 Å². The second-order valence-corrected chi connectivity index (χ2v) is 5.57. The van der Waals surface area contributed by atoms with Gasteiger partial charge in [0.05, 0.1) is 18.4 Å². The molecule has 5 heteroatoms. The van der Waals surface area contributed by atoms with Crippen LogP contribution < -0.4 is 4.90 Å². The highest BCUT2D eigenvalue weighted by molar-refractivity contribution is 6.03. The van der Waals surface area contributed by atoms with Crippen LogP contribution in [0, 0.1) is 5.41 Å². The Hall–Kier alpha value is -3.08. The lowest BCUT2D eigenvalue weighted by Gasteiger charge is -2.37. The first-order valence-electron chi connectivity index (χ1n) is 7.56. The predicted octanol–water partition coefficient (Wildman–Crippen LogP) is 3.35. The van der Waals surface area contributed by atoms with Gasteiger partial charge in [-0.15, -0.1) is 0 Å². The molecule has 0 atom stereocenters. The lowest BCUT2D eigenvalue weighted by molar-refractivity contribution is 0.411. The highest BCUT2D eigenvalue weighted by atomic mass is 15.4. The molecule has 23 heavy (non-hydrogen) atoms. The number of nitrogens with one attached hydrogen (secondary N) is 2. The summed E-state index contributed by atoms with van der Waals surface area (Å²) in [4.78, 5) is 4.21. The maximum Gasteiger partial charge on any atom is 0.141 e. The third kappa shape index (κ3) is 2.46. The average Bonchev–Trinajstić information content (AvgIpc) is 3.09. The maximum atomic E-state index is 8.49. The van der Waals surface area contributed by atoms with E-state index in [2.05, 4.69) is 44.3 Å². The van der Waals surface area contributed by atoms with E-state index >= 15 is 0 Å². The van der Waals surface area contributed by atoms with Crippen LogP contribution in [-0.2, 0) is 6.54 Å². The van der Waals surface area contributed by atoms with E-state index in [1.165, 1.54) is 5.56 Å². The van der Waals surface area contributed by atoms with Crippen molar-refractivity contribution < 1.29 is 0 Å². The van der Waals surface area contributed by atoms with Crippen LogP contribution in [0.1, 0.15) is 11.1 Å². The van der Waals surface area contributed by atoms with Crippen LogP contribution in [0.15, 0.2) is 66.9 Å². The molecular weight excluding hydrogens is 286 g/mol. The van der Waals surface area contributed by atoms with Gasteiger partial charge >= 0.3 is 0 Å². The molecule has 0 spiro atoms. The minimum atomic E-state index is 0.504. The minimum Gasteiger partial charge on any atom is -0.334 e. The zero-order valence-electron chi connectivity index (χ0n) is 12.6. The highest BCUT2D eigenvalue weighted by Crippen LogP contribution is 2.31. The summed E-state index contributed by atoms with van der Waals surface area (Å²) in [5, 5.41) is 15.7. The fraction of sp³-hybridized carbons (Fsp3) is 0.111. The van der Waals surface area contributed by atoms with Crippen molar-refractivity contribution in [2.24, 2.45) is 0 Å². The average molecular weight is 303 g/mol. The molecule has 1 aliphatic heterocycles. The van der Waals surface area contributed by atoms with E-state index in [1.54, 1.807) is 6.20 Å². The normalized spacial score (nSPS) is 14.0. The van der Waals surface area contributed by atoms with Crippen LogP contribution in [0.2, 0.25) is 0 Å². The van der Waals surface area contributed by atoms with E-state index in [0.717, 1.165) is 17.1 Å². The second-order valence-electron chi connectivity index (χ2n) is 5.57. The smallest absolute Gasteiger partial charge is 0.141 e. The number of fused-ring (bicyclic) bond motifs is 1. The number of benzene rings is 2. The Morgan fingerprint density at radius 3 is 2.43 bits per heavy atom. The van der Waals surface area contributed by atoms with E-state index in [9.17, 15) is 0 Å². The monoisotopic (exact) mass is 303 g/mol. The van der Waals surface area contributed by atoms with Gasteiger partial charge in [-0.25, -0.2) is 0 Å². The van der Waals surface area contributed by atoms with Gasteiger partial charge in [-0.3, -0.25) is 10.5 Å². The summed E-state index contributed by atoms with van der Waals surface area (Å²) in [5.74, 6) is 1.38. The summed E-state index contributed by atoms with van der Waals surface area (Å²) >= 11 is 0. The number of anilines is 2. The van der Waals surface area contributed by atoms with Crippen molar-refractivity contribution in [1.29, 1.82) is 5.41 Å². The van der Waals surface area contributed by atoms with Gasteiger partial charge in [0.25, 0.3) is 0 Å². The van der Waals surface area contributed by atoms with Gasteiger partial charge in [0.15, 0.2) is 0 Å². The van der Waals surface area contributed by atoms with Gasteiger partial charge < -0.3 is 9.80 Å². The Bertz CT molecular complexity index is 810. The zero-order chi connectivity index (χ0) is 15.6. The summed E-state index contributed by atoms with van der Waals surface area (Å²) in [5.41, 5.74) is 3.11. The number of rotatable bonds is 3. The SMILES string of the molecule is N=C1c2cn[nH]c2N(c2ccccc2)CN1Cc1ccccc1. The molecule has 5 nitrogen and oxygen atoms in total. The molecule has 114 valence electrons. The summed E-state index contributed by atoms with van der Waals surface area (Å²) < 4.78 is 0. The summed E-state index contributed by atoms with van der Waals surface area (Å²) in [6.07, 6.45) is 1.73. The second kappa shape index (κ2) is 5.61. The van der Waals surface area contributed by atoms with Crippen LogP contribution in [0.5, 0.6) is 0 Å². The number of nitrogens with zero attached hydrogens (tertiary/aromatic N) is 3. The Labute approximate surface area is 134 Å². The first kappa shape index (κ1) is 13.6. The van der Waals surface area contributed by atoms with Crippen LogP contribution >= 0.6 is 0 Å². The third-order valence-electron chi connectivity index (χ3n) is 4.06. The lowest BCUT2D eigenvalue weighted by atomic mass is 10.1. The van der Waals surface area contributed by atoms with Crippen molar-refractivity contribution in [3.63, 3.8) is 0 Å². The zero-order valence-corrected chi connectivity index (χ0v) is 12.6. The molecule has 3 aromatic rings. The molecule has 0 saturated carbocycles. The van der Waals surface area contributed by atoms with Crippen LogP contribution in [-0.4, -0.2) is 27.6 Å². The molecule has 0 saturated heterocycles. The first-order valence-corrected chi connectivity index (χ1v) is 7.56. The molecule has 0 fully saturated rings. The number of H-pyrrole nitrogens is 1. The van der Waals surface area contributed by atoms with Gasteiger partial charge in [-0.1, -0.05) is 48.5 Å². The van der Waals surface area contributed by atoms with Crippen molar-refractivity contribution in [1.82, 2.24) is 15.1 Å². The summed E-state index contributed by atoms with van der Waals surface area (Å²) in [7, 11) is 0. The van der Waals surface area contributed by atoms with E-state index in [1.807, 2.05) is 36.4 Å². The Kier molecular flexibility index (Phi) is 3.31. The molecule has 0 amide bonds. The van der Waals surface area contributed by atoms with Crippen molar-refractivity contribution in [3.05, 3.63) is 78.0 Å². The predicted molar refractivity (Wildman–Crippen MR) is 90.8 cm³/mol. The highest BCUT2D eigenvalue weighted by Gasteiger charge is 2.29. The number of hydrogen-bond acceptors (Lipinski definition) is 3. The Morgan fingerprint density at radius 2 is 1.70 bits per heavy atom. The Morgan fingerprint density at radius 1 is 1.00 bits per heavy atom. The van der Waals surface area contributed by atoms with Gasteiger partial charge in [0.1, 0.15) is 11.7 Å². The van der Waals surface area contributed by atoms with Crippen molar-refractivity contribution in [3.8, 4) is 0 Å². The molecule has 0 aliphatic carbocycles. The van der Waals surface area contributed by atoms with E-state index in [0.29, 0.717) is 19.0 Å². The molecule has 4 rings (SSSR count). The van der Waals surface area contributed by atoms with Crippen molar-refractivity contribution in [2.75, 3.05) is 11.6 Å². The summed E-state index contributed by atoms with van der Waals surface area (Å²) in [6.45, 7) is 1.32. The number of para-hydroxylation sites is 1. The number of hydrogen-bond donors (Lipinski definition) is 2. The fourth-order valence-corrected chi connectivity index (χ4v) is 2.89. The number of aromatic amines is 1. The van der Waals surface area contributed by atoms with E-state index in [-0.39, 0.29) is 0 Å². The minimum absolute atomic E-state index is 0.504. The number of amidine groups is 1. The van der Waals surface area contributed by atoms with Crippen molar-refractivity contribution in [2.45, 2.75) is 6.54 Å². The molecule has 2 heterocycles. The molecule has 0 unspecified atom stereocenters. The van der Waals surface area contributed by atoms with Gasteiger partial charge in [0, 0.05) is 12.2 Å². The van der Waals surface area contributed by atoms with Crippen LogP contribution in [0.4, 0.5) is 11.5 Å². The van der Waals surface area contributed by atoms with E-state index < -0.39 is 0 Å². The topological polar surface area (TPSA) is 59.0 Å². The molecule has 1 aliphatic rings. The third-order valence-corrected chi connectivity index (χ3v) is 4.06. The molecule has 1 aromatic heterocycles. The standard InChI is InChI=1S/C18H17N5/c19-17-16-11-20-21-18(16)23(15-9-5-2-6-10-15)13-22(17)12-14-7-3-1-4-8-14/h1-11,19H,12-13H2,(H,20,21). The van der Waals surface area contributed by atoms with Crippen LogP contribution in [0.25, 0.3) is 0 Å². The molecule has 0 bridgehead atoms. The van der Waals surface area contributed by atoms with Crippen LogP contribution in [0.3, 0.4) is 0 Å².